The van der Waals surface area contributed by atoms with Crippen molar-refractivity contribution in [3.05, 3.63) is 148 Å². The summed E-state index contributed by atoms with van der Waals surface area (Å²) in [6.45, 7) is 0. The second kappa shape index (κ2) is 16.3. The van der Waals surface area contributed by atoms with E-state index in [2.05, 4.69) is 25.3 Å². The molecule has 0 aliphatic heterocycles. The summed E-state index contributed by atoms with van der Waals surface area (Å²) in [5, 5.41) is 1.29. The maximum atomic E-state index is 15.4. The van der Waals surface area contributed by atoms with Gasteiger partial charge in [0.05, 0.1) is 0 Å². The van der Waals surface area contributed by atoms with E-state index in [0.717, 1.165) is 7.53 Å². The van der Waals surface area contributed by atoms with Gasteiger partial charge < -0.3 is 8.83 Å². The van der Waals surface area contributed by atoms with Crippen LogP contribution in [0.3, 0.4) is 0 Å². The van der Waals surface area contributed by atoms with Crippen molar-refractivity contribution in [2.45, 2.75) is 10.2 Å². The summed E-state index contributed by atoms with van der Waals surface area (Å²) in [5.74, 6) is -71.4. The van der Waals surface area contributed by atoms with E-state index < -0.39 is 144 Å². The largest absolute Gasteiger partial charge is 0.443 e. The number of furan rings is 2. The molecule has 6 rings (SSSR count). The number of rotatable bonds is 6. The first-order chi connectivity index (χ1) is 26.9. The van der Waals surface area contributed by atoms with Gasteiger partial charge in [-0.05, 0) is 12.1 Å². The van der Waals surface area contributed by atoms with Crippen molar-refractivity contribution in [1.29, 1.82) is 0 Å². The van der Waals surface area contributed by atoms with Gasteiger partial charge in [0.2, 0.25) is 0 Å². The molecule has 6 aromatic rings. The summed E-state index contributed by atoms with van der Waals surface area (Å²) in [4.78, 5) is 0. The molecule has 0 aliphatic rings. The van der Waals surface area contributed by atoms with Gasteiger partial charge in [0.1, 0.15) is 52.7 Å². The second-order valence-corrected chi connectivity index (χ2v) is 14.6. The predicted molar refractivity (Wildman–Crippen MR) is 159 cm³/mol. The van der Waals surface area contributed by atoms with Crippen LogP contribution in [-0.2, 0) is 0 Å². The maximum Gasteiger partial charge on any atom is 0.443 e. The highest BCUT2D eigenvalue weighted by Gasteiger charge is 2.52. The molecule has 0 saturated heterocycles. The summed E-state index contributed by atoms with van der Waals surface area (Å²) in [7, 11) is 0. The zero-order valence-electron chi connectivity index (χ0n) is 26.5. The van der Waals surface area contributed by atoms with Crippen molar-refractivity contribution in [3.63, 3.8) is 0 Å². The van der Waals surface area contributed by atoms with Gasteiger partial charge in [-0.1, -0.05) is 0 Å². The SMILES string of the molecule is Fc1c(F)c(F)c([B-](c2c(F)c(F)c(F)c(F)c2F)(c2c(F)c(F)c(F)c(F)c2F)c2c(F)c(F)c(F)c(F)c2F)c(F)c1F.Sc1ccc([I+]c2ccc(S)o2)o1. The summed E-state index contributed by atoms with van der Waals surface area (Å²) < 4.78 is 307. The monoisotopic (exact) mass is 1000 g/mol. The number of thiol groups is 2. The van der Waals surface area contributed by atoms with Crippen LogP contribution >= 0.6 is 25.3 Å². The zero-order valence-corrected chi connectivity index (χ0v) is 30.5. The standard InChI is InChI=1S/C24BF20.C8H5IO2S2/c26-5-1(6(27)14(35)21(42)13(5)34)25(2-7(28)15(36)22(43)16(37)8(2)29,3-9(30)17(38)23(44)18(39)10(3)31)4-11(32)19(40)24(45)20(41)12(4)33;12-7-3-1-5(10-7)9-6-2-4-8(13)11-6/h;1-4H,(H-,12,13)/q-1;/p+1. The number of hydrogen-bond acceptors (Lipinski definition) is 4. The molecule has 0 N–H and O–H groups in total. The van der Waals surface area contributed by atoms with E-state index in [0.29, 0.717) is 10.2 Å². The Morgan fingerprint density at radius 2 is 0.466 bits per heavy atom. The van der Waals surface area contributed by atoms with E-state index in [9.17, 15) is 52.7 Å². The normalized spacial score (nSPS) is 11.7. The molecule has 58 heavy (non-hydrogen) atoms. The first kappa shape index (κ1) is 44.6. The Morgan fingerprint density at radius 3 is 0.621 bits per heavy atom. The van der Waals surface area contributed by atoms with E-state index in [-0.39, 0.29) is 21.2 Å². The molecule has 2 aromatic heterocycles. The molecule has 308 valence electrons. The zero-order chi connectivity index (χ0) is 43.6. The highest BCUT2D eigenvalue weighted by Crippen LogP contribution is 2.30. The third-order valence-electron chi connectivity index (χ3n) is 8.01. The number of benzene rings is 4. The van der Waals surface area contributed by atoms with Crippen LogP contribution in [0.5, 0.6) is 0 Å². The van der Waals surface area contributed by atoms with Gasteiger partial charge >= 0.3 is 28.7 Å². The van der Waals surface area contributed by atoms with Gasteiger partial charge in [0.25, 0.3) is 0 Å². The van der Waals surface area contributed by atoms with E-state index in [1.54, 1.807) is 0 Å². The smallest absolute Gasteiger partial charge is 0.412 e. The number of hydrogen-bond donors (Lipinski definition) is 2. The van der Waals surface area contributed by atoms with Crippen LogP contribution in [0.1, 0.15) is 0 Å². The fourth-order valence-electron chi connectivity index (χ4n) is 5.68. The van der Waals surface area contributed by atoms with E-state index in [4.69, 9.17) is 8.83 Å². The van der Waals surface area contributed by atoms with Crippen molar-refractivity contribution < 1.29 is 118 Å². The molecule has 0 unspecified atom stereocenters. The average molecular weight is 1000 g/mol. The summed E-state index contributed by atoms with van der Waals surface area (Å²) in [5.41, 5.74) is -14.3. The molecule has 0 aliphatic carbocycles. The van der Waals surface area contributed by atoms with Gasteiger partial charge in [-0.3, -0.25) is 0 Å². The van der Waals surface area contributed by atoms with Crippen LogP contribution in [0.15, 0.2) is 43.3 Å². The quantitative estimate of drug-likeness (QED) is 0.0583. The lowest BCUT2D eigenvalue weighted by molar-refractivity contribution is -0.638. The molecule has 2 heterocycles. The minimum Gasteiger partial charge on any atom is -0.412 e. The molecular formula is C32H6BF20IO2S2. The second-order valence-electron chi connectivity index (χ2n) is 11.1. The summed E-state index contributed by atoms with van der Waals surface area (Å²) in [6, 6.07) is 7.53. The molecule has 0 amide bonds. The molecule has 0 spiro atoms. The molecule has 26 heteroatoms. The van der Waals surface area contributed by atoms with Crippen LogP contribution < -0.4 is 43.1 Å². The van der Waals surface area contributed by atoms with Gasteiger partial charge in [-0.15, -0.1) is 47.1 Å². The van der Waals surface area contributed by atoms with Crippen LogP contribution in [0.25, 0.3) is 0 Å². The lowest BCUT2D eigenvalue weighted by Crippen LogP contribution is -3.61. The third-order valence-corrected chi connectivity index (χ3v) is 10.7. The first-order valence-electron chi connectivity index (χ1n) is 14.4. The lowest BCUT2D eigenvalue weighted by atomic mass is 9.12. The maximum absolute atomic E-state index is 15.4. The first-order valence-corrected chi connectivity index (χ1v) is 17.4. The Labute approximate surface area is 328 Å². The van der Waals surface area contributed by atoms with Crippen molar-refractivity contribution in [2.24, 2.45) is 0 Å². The van der Waals surface area contributed by atoms with E-state index in [1.807, 2.05) is 24.3 Å². The van der Waals surface area contributed by atoms with Crippen molar-refractivity contribution in [1.82, 2.24) is 0 Å². The van der Waals surface area contributed by atoms with Gasteiger partial charge in [0.15, 0.2) is 80.0 Å². The Morgan fingerprint density at radius 1 is 0.293 bits per heavy atom. The van der Waals surface area contributed by atoms with Gasteiger partial charge in [-0.25, -0.2) is 87.8 Å². The molecule has 0 bridgehead atoms. The fourth-order valence-corrected chi connectivity index (χ4v) is 8.31. The fraction of sp³-hybridized carbons (Fsp3) is 0. The summed E-state index contributed by atoms with van der Waals surface area (Å²) in [6.07, 6.45) is -7.22. The Balaban J connectivity index is 0.000000414. The van der Waals surface area contributed by atoms with Crippen LogP contribution in [0.4, 0.5) is 87.8 Å². The van der Waals surface area contributed by atoms with Crippen molar-refractivity contribution in [3.8, 4) is 0 Å². The van der Waals surface area contributed by atoms with Crippen molar-refractivity contribution >= 4 is 53.3 Å². The van der Waals surface area contributed by atoms with Crippen molar-refractivity contribution in [2.75, 3.05) is 0 Å². The predicted octanol–water partition coefficient (Wildman–Crippen LogP) is 5.42. The molecule has 0 fully saturated rings. The highest BCUT2D eigenvalue weighted by molar-refractivity contribution is 7.80. The summed E-state index contributed by atoms with van der Waals surface area (Å²) >= 11 is 7.80. The Hall–Kier alpha value is -4.47. The minimum atomic E-state index is -7.22. The number of halogens is 21. The Bertz CT molecular complexity index is 2230. The van der Waals surface area contributed by atoms with Crippen LogP contribution in [0.2, 0.25) is 0 Å². The van der Waals surface area contributed by atoms with E-state index >= 15 is 35.1 Å². The molecule has 0 atom stereocenters. The highest BCUT2D eigenvalue weighted by atomic mass is 127. The molecule has 2 nitrogen and oxygen atoms in total. The van der Waals surface area contributed by atoms with Crippen LogP contribution in [0, 0.1) is 124 Å². The molecule has 4 aromatic carbocycles. The topological polar surface area (TPSA) is 26.3 Å². The Kier molecular flexibility index (Phi) is 12.5. The third kappa shape index (κ3) is 6.96. The average Bonchev–Trinajstić information content (AvgIpc) is 3.80. The molecule has 0 radical (unpaired) electrons. The molecular weight excluding hydrogens is 998 g/mol. The van der Waals surface area contributed by atoms with Gasteiger partial charge in [0, 0.05) is 12.1 Å². The lowest BCUT2D eigenvalue weighted by Gasteiger charge is -2.44. The molecule has 0 saturated carbocycles. The minimum absolute atomic E-state index is 0.361. The van der Waals surface area contributed by atoms with Crippen LogP contribution in [-0.4, -0.2) is 6.15 Å². The van der Waals surface area contributed by atoms with Gasteiger partial charge in [-0.2, -0.15) is 0 Å². The van der Waals surface area contributed by atoms with E-state index in [1.165, 1.54) is 0 Å².